The first-order chi connectivity index (χ1) is 13.0. The number of rotatable bonds is 5. The highest BCUT2D eigenvalue weighted by atomic mass is 16.4. The number of hydrogen-bond acceptors (Lipinski definition) is 4. The normalized spacial score (nSPS) is 22.7. The van der Waals surface area contributed by atoms with Crippen molar-refractivity contribution < 1.29 is 24.6 Å². The minimum absolute atomic E-state index is 0.0590. The van der Waals surface area contributed by atoms with Gasteiger partial charge in [0.05, 0.1) is 5.56 Å². The molecule has 0 bridgehead atoms. The van der Waals surface area contributed by atoms with E-state index in [1.54, 1.807) is 28.0 Å². The molecular weight excluding hydrogens is 348 g/mol. The predicted molar refractivity (Wildman–Crippen MR) is 98.3 cm³/mol. The fourth-order valence-corrected chi connectivity index (χ4v) is 4.11. The quantitative estimate of drug-likeness (QED) is 0.822. The van der Waals surface area contributed by atoms with E-state index < -0.39 is 12.0 Å². The van der Waals surface area contributed by atoms with Gasteiger partial charge in [0.1, 0.15) is 11.8 Å². The Kier molecular flexibility index (Phi) is 5.98. The van der Waals surface area contributed by atoms with E-state index in [1.807, 2.05) is 0 Å². The van der Waals surface area contributed by atoms with Gasteiger partial charge in [-0.1, -0.05) is 12.1 Å². The number of phenolic OH excluding ortho intramolecular Hbond substituents is 1. The van der Waals surface area contributed by atoms with Crippen molar-refractivity contribution in [1.29, 1.82) is 0 Å². The number of hydrogen-bond donors (Lipinski definition) is 2. The van der Waals surface area contributed by atoms with Gasteiger partial charge in [0.15, 0.2) is 0 Å². The smallest absolute Gasteiger partial charge is 0.303 e. The van der Waals surface area contributed by atoms with Crippen LogP contribution in [0, 0.1) is 5.92 Å². The Morgan fingerprint density at radius 1 is 1.07 bits per heavy atom. The average molecular weight is 374 g/mol. The Bertz CT molecular complexity index is 720. The standard InChI is InChI=1S/C20H26N2O5/c23-17-8-2-1-6-15(17)19(26)22-12-4-7-16(22)20(27)21-11-3-5-14(13-21)9-10-18(24)25/h1-2,6,8,14,16,23H,3-5,7,9-13H2,(H,24,25). The molecule has 2 aliphatic heterocycles. The number of phenols is 1. The van der Waals surface area contributed by atoms with E-state index in [-0.39, 0.29) is 35.5 Å². The number of para-hydroxylation sites is 1. The van der Waals surface area contributed by atoms with Gasteiger partial charge in [-0.05, 0) is 50.2 Å². The second-order valence-electron chi connectivity index (χ2n) is 7.40. The number of nitrogens with zero attached hydrogens (tertiary/aromatic N) is 2. The number of aromatic hydroxyl groups is 1. The number of benzene rings is 1. The summed E-state index contributed by atoms with van der Waals surface area (Å²) in [5, 5.41) is 18.8. The molecule has 0 saturated carbocycles. The third kappa shape index (κ3) is 4.40. The largest absolute Gasteiger partial charge is 0.507 e. The highest BCUT2D eigenvalue weighted by Gasteiger charge is 2.38. The summed E-state index contributed by atoms with van der Waals surface area (Å²) < 4.78 is 0. The molecule has 0 radical (unpaired) electrons. The van der Waals surface area contributed by atoms with Crippen LogP contribution < -0.4 is 0 Å². The Morgan fingerprint density at radius 2 is 1.81 bits per heavy atom. The lowest BCUT2D eigenvalue weighted by Gasteiger charge is -2.36. The molecule has 2 amide bonds. The summed E-state index contributed by atoms with van der Waals surface area (Å²) in [6, 6.07) is 5.88. The van der Waals surface area contributed by atoms with Crippen molar-refractivity contribution in [1.82, 2.24) is 9.80 Å². The summed E-state index contributed by atoms with van der Waals surface area (Å²) in [6.07, 6.45) is 3.86. The first-order valence-electron chi connectivity index (χ1n) is 9.57. The van der Waals surface area contributed by atoms with Crippen LogP contribution in [0.15, 0.2) is 24.3 Å². The van der Waals surface area contributed by atoms with Crippen molar-refractivity contribution in [3.63, 3.8) is 0 Å². The van der Waals surface area contributed by atoms with Gasteiger partial charge in [-0.15, -0.1) is 0 Å². The monoisotopic (exact) mass is 374 g/mol. The Morgan fingerprint density at radius 3 is 2.56 bits per heavy atom. The van der Waals surface area contributed by atoms with Crippen molar-refractivity contribution >= 4 is 17.8 Å². The maximum absolute atomic E-state index is 13.1. The van der Waals surface area contributed by atoms with E-state index in [2.05, 4.69) is 0 Å². The number of carboxylic acid groups (broad SMARTS) is 1. The van der Waals surface area contributed by atoms with Gasteiger partial charge < -0.3 is 20.0 Å². The van der Waals surface area contributed by atoms with Gasteiger partial charge >= 0.3 is 5.97 Å². The molecule has 2 N–H and O–H groups in total. The lowest BCUT2D eigenvalue weighted by atomic mass is 9.93. The fourth-order valence-electron chi connectivity index (χ4n) is 4.11. The van der Waals surface area contributed by atoms with Crippen molar-refractivity contribution in [3.8, 4) is 5.75 Å². The van der Waals surface area contributed by atoms with Crippen LogP contribution in [-0.2, 0) is 9.59 Å². The van der Waals surface area contributed by atoms with Crippen LogP contribution in [0.3, 0.4) is 0 Å². The molecule has 2 saturated heterocycles. The first-order valence-corrected chi connectivity index (χ1v) is 9.57. The number of piperidine rings is 1. The Labute approximate surface area is 158 Å². The molecule has 146 valence electrons. The molecule has 27 heavy (non-hydrogen) atoms. The van der Waals surface area contributed by atoms with Gasteiger partial charge in [0.25, 0.3) is 5.91 Å². The number of likely N-dealkylation sites (tertiary alicyclic amines) is 2. The van der Waals surface area contributed by atoms with E-state index in [9.17, 15) is 19.5 Å². The minimum Gasteiger partial charge on any atom is -0.507 e. The molecule has 0 aliphatic carbocycles. The van der Waals surface area contributed by atoms with Gasteiger partial charge in [-0.2, -0.15) is 0 Å². The van der Waals surface area contributed by atoms with Crippen LogP contribution >= 0.6 is 0 Å². The summed E-state index contributed by atoms with van der Waals surface area (Å²) in [7, 11) is 0. The van der Waals surface area contributed by atoms with E-state index in [1.165, 1.54) is 6.07 Å². The van der Waals surface area contributed by atoms with Crippen LogP contribution in [0.5, 0.6) is 5.75 Å². The summed E-state index contributed by atoms with van der Waals surface area (Å²) in [5.41, 5.74) is 0.218. The summed E-state index contributed by atoms with van der Waals surface area (Å²) >= 11 is 0. The van der Waals surface area contributed by atoms with Gasteiger partial charge in [0.2, 0.25) is 5.91 Å². The van der Waals surface area contributed by atoms with Crippen molar-refractivity contribution in [3.05, 3.63) is 29.8 Å². The zero-order chi connectivity index (χ0) is 19.4. The van der Waals surface area contributed by atoms with Crippen molar-refractivity contribution in [2.24, 2.45) is 5.92 Å². The maximum atomic E-state index is 13.1. The second kappa shape index (κ2) is 8.41. The van der Waals surface area contributed by atoms with E-state index >= 15 is 0 Å². The predicted octanol–water partition coefficient (Wildman–Crippen LogP) is 2.10. The number of aliphatic carboxylic acids is 1. The van der Waals surface area contributed by atoms with Crippen LogP contribution in [0.25, 0.3) is 0 Å². The minimum atomic E-state index is -0.811. The van der Waals surface area contributed by atoms with Crippen LogP contribution in [0.1, 0.15) is 48.9 Å². The molecule has 0 aromatic heterocycles. The molecule has 2 unspecified atom stereocenters. The summed E-state index contributed by atoms with van der Waals surface area (Å²) in [5.74, 6) is -1.07. The fraction of sp³-hybridized carbons (Fsp3) is 0.550. The number of carboxylic acids is 1. The SMILES string of the molecule is O=C(O)CCC1CCCN(C(=O)C2CCCN2C(=O)c2ccccc2O)C1. The molecule has 0 spiro atoms. The zero-order valence-electron chi connectivity index (χ0n) is 15.3. The van der Waals surface area contributed by atoms with E-state index in [4.69, 9.17) is 5.11 Å². The number of carbonyl (C=O) groups is 3. The molecule has 2 atom stereocenters. The molecule has 2 aliphatic rings. The van der Waals surface area contributed by atoms with E-state index in [0.717, 1.165) is 19.3 Å². The molecule has 3 rings (SSSR count). The number of amides is 2. The van der Waals surface area contributed by atoms with Crippen LogP contribution in [0.2, 0.25) is 0 Å². The van der Waals surface area contributed by atoms with Crippen molar-refractivity contribution in [2.75, 3.05) is 19.6 Å². The second-order valence-corrected chi connectivity index (χ2v) is 7.40. The average Bonchev–Trinajstić information content (AvgIpc) is 3.15. The molecule has 1 aromatic rings. The summed E-state index contributed by atoms with van der Waals surface area (Å²) in [4.78, 5) is 40.1. The molecule has 1 aromatic carbocycles. The molecule has 2 fully saturated rings. The molecular formula is C20H26N2O5. The Hall–Kier alpha value is -2.57. The third-order valence-electron chi connectivity index (χ3n) is 5.53. The highest BCUT2D eigenvalue weighted by molar-refractivity contribution is 5.99. The van der Waals surface area contributed by atoms with E-state index in [0.29, 0.717) is 32.5 Å². The molecule has 7 heteroatoms. The number of carbonyl (C=O) groups excluding carboxylic acids is 2. The third-order valence-corrected chi connectivity index (χ3v) is 5.53. The van der Waals surface area contributed by atoms with Crippen molar-refractivity contribution in [2.45, 2.75) is 44.6 Å². The van der Waals surface area contributed by atoms with Gasteiger partial charge in [-0.25, -0.2) is 0 Å². The lowest BCUT2D eigenvalue weighted by molar-refractivity contribution is -0.138. The van der Waals surface area contributed by atoms with Crippen LogP contribution in [0.4, 0.5) is 0 Å². The maximum Gasteiger partial charge on any atom is 0.303 e. The van der Waals surface area contributed by atoms with Gasteiger partial charge in [-0.3, -0.25) is 14.4 Å². The van der Waals surface area contributed by atoms with Crippen LogP contribution in [-0.4, -0.2) is 63.5 Å². The summed E-state index contributed by atoms with van der Waals surface area (Å²) in [6.45, 7) is 1.71. The zero-order valence-corrected chi connectivity index (χ0v) is 15.3. The lowest BCUT2D eigenvalue weighted by Crippen LogP contribution is -2.50. The van der Waals surface area contributed by atoms with Gasteiger partial charge in [0, 0.05) is 26.1 Å². The first kappa shape index (κ1) is 19.2. The molecule has 7 nitrogen and oxygen atoms in total. The molecule has 2 heterocycles. The highest BCUT2D eigenvalue weighted by Crippen LogP contribution is 2.28. The topological polar surface area (TPSA) is 98.2 Å². The Balaban J connectivity index is 1.67.